The van der Waals surface area contributed by atoms with E-state index in [2.05, 4.69) is 20.9 Å². The number of benzene rings is 1. The van der Waals surface area contributed by atoms with Crippen LogP contribution in [0.25, 0.3) is 0 Å². The number of aliphatic imine (C=N–C) groups is 1. The number of nitrogens with zero attached hydrogens (tertiary/aromatic N) is 2. The van der Waals surface area contributed by atoms with Crippen LogP contribution < -0.4 is 16.0 Å². The zero-order valence-electron chi connectivity index (χ0n) is 15.1. The van der Waals surface area contributed by atoms with Gasteiger partial charge in [-0.05, 0) is 64.9 Å². The van der Waals surface area contributed by atoms with Crippen molar-refractivity contribution in [2.45, 2.75) is 12.3 Å². The van der Waals surface area contributed by atoms with Gasteiger partial charge in [0.15, 0.2) is 6.17 Å². The van der Waals surface area contributed by atoms with Crippen molar-refractivity contribution in [3.05, 3.63) is 81.2 Å². The Balaban J connectivity index is 1.61. The summed E-state index contributed by atoms with van der Waals surface area (Å²) in [6, 6.07) is 8.53. The van der Waals surface area contributed by atoms with Crippen molar-refractivity contribution < 1.29 is 9.18 Å². The summed E-state index contributed by atoms with van der Waals surface area (Å²) in [6.45, 7) is 0.273. The fraction of sp³-hybridized carbons (Fsp3) is 0.150. The molecule has 6 nitrogen and oxygen atoms in total. The van der Waals surface area contributed by atoms with Crippen LogP contribution in [0.5, 0.6) is 0 Å². The molecule has 2 aromatic rings. The van der Waals surface area contributed by atoms with Gasteiger partial charge in [-0.25, -0.2) is 4.39 Å². The Bertz CT molecular complexity index is 979. The Labute approximate surface area is 176 Å². The van der Waals surface area contributed by atoms with Crippen LogP contribution in [-0.4, -0.2) is 24.5 Å². The third-order valence-electron chi connectivity index (χ3n) is 4.08. The maximum atomic E-state index is 13.9. The van der Waals surface area contributed by atoms with Crippen LogP contribution >= 0.6 is 22.9 Å². The Morgan fingerprint density at radius 3 is 2.76 bits per heavy atom. The molecule has 9 heteroatoms. The van der Waals surface area contributed by atoms with Gasteiger partial charge in [-0.2, -0.15) is 21.6 Å². The van der Waals surface area contributed by atoms with Crippen LogP contribution in [0.2, 0.25) is 5.02 Å². The Hall–Kier alpha value is -2.99. The lowest BCUT2D eigenvalue weighted by atomic mass is 10.1. The number of carbonyl (C=O) groups is 1. The van der Waals surface area contributed by atoms with Gasteiger partial charge in [0.05, 0.1) is 12.4 Å². The lowest BCUT2D eigenvalue weighted by molar-refractivity contribution is 0.0928. The van der Waals surface area contributed by atoms with E-state index in [0.29, 0.717) is 16.3 Å². The molecule has 1 amide bonds. The predicted molar refractivity (Wildman–Crippen MR) is 112 cm³/mol. The van der Waals surface area contributed by atoms with Crippen molar-refractivity contribution in [2.75, 3.05) is 6.67 Å². The first-order valence-corrected chi connectivity index (χ1v) is 9.95. The van der Waals surface area contributed by atoms with Gasteiger partial charge in [0.1, 0.15) is 6.17 Å². The summed E-state index contributed by atoms with van der Waals surface area (Å²) in [5.74, 6) is -0.247. The first-order valence-electron chi connectivity index (χ1n) is 8.63. The molecule has 2 atom stereocenters. The van der Waals surface area contributed by atoms with Gasteiger partial charge in [0.2, 0.25) is 6.19 Å². The van der Waals surface area contributed by atoms with Crippen LogP contribution in [-0.2, 0) is 0 Å². The van der Waals surface area contributed by atoms with E-state index >= 15 is 0 Å². The van der Waals surface area contributed by atoms with Crippen molar-refractivity contribution in [1.29, 1.82) is 5.26 Å². The maximum Gasteiger partial charge on any atom is 0.252 e. The lowest BCUT2D eigenvalue weighted by Gasteiger charge is -2.21. The summed E-state index contributed by atoms with van der Waals surface area (Å²) in [7, 11) is 0. The largest absolute Gasteiger partial charge is 0.373 e. The molecule has 3 N–H and O–H groups in total. The highest BCUT2D eigenvalue weighted by molar-refractivity contribution is 7.08. The minimum Gasteiger partial charge on any atom is -0.373 e. The van der Waals surface area contributed by atoms with E-state index in [1.165, 1.54) is 23.5 Å². The first kappa shape index (κ1) is 20.7. The van der Waals surface area contributed by atoms with Crippen LogP contribution in [0.4, 0.5) is 4.39 Å². The minimum atomic E-state index is -1.44. The third-order valence-corrected chi connectivity index (χ3v) is 5.03. The minimum absolute atomic E-state index is 0.0670. The molecular weight excluding hydrogens is 413 g/mol. The smallest absolute Gasteiger partial charge is 0.252 e. The molecule has 1 aromatic heterocycles. The molecule has 0 radical (unpaired) electrons. The molecule has 1 aliphatic carbocycles. The molecule has 1 aromatic carbocycles. The fourth-order valence-corrected chi connectivity index (χ4v) is 3.41. The van der Waals surface area contributed by atoms with Gasteiger partial charge in [-0.1, -0.05) is 11.6 Å². The highest BCUT2D eigenvalue weighted by atomic mass is 35.5. The Morgan fingerprint density at radius 1 is 1.31 bits per heavy atom. The Morgan fingerprint density at radius 2 is 2.10 bits per heavy atom. The topological polar surface area (TPSA) is 89.3 Å². The number of halogens is 2. The molecule has 0 bridgehead atoms. The molecule has 3 rings (SSSR count). The summed E-state index contributed by atoms with van der Waals surface area (Å²) in [5.41, 5.74) is 2.01. The van der Waals surface area contributed by atoms with Gasteiger partial charge >= 0.3 is 0 Å². The number of rotatable bonds is 7. The van der Waals surface area contributed by atoms with Crippen molar-refractivity contribution >= 4 is 34.6 Å². The number of hydrogen-bond donors (Lipinski definition) is 3. The third kappa shape index (κ3) is 5.74. The second kappa shape index (κ2) is 9.98. The number of carbonyl (C=O) groups excluding carboxylic acids is 1. The summed E-state index contributed by atoms with van der Waals surface area (Å²) in [6.07, 6.45) is 4.12. The molecule has 29 heavy (non-hydrogen) atoms. The predicted octanol–water partition coefficient (Wildman–Crippen LogP) is 3.68. The fourth-order valence-electron chi connectivity index (χ4n) is 2.60. The monoisotopic (exact) mass is 429 g/mol. The van der Waals surface area contributed by atoms with Crippen molar-refractivity contribution in [3.63, 3.8) is 0 Å². The number of allylic oxidation sites excluding steroid dienone is 3. The second-order valence-corrected chi connectivity index (χ2v) is 7.24. The molecule has 0 saturated carbocycles. The summed E-state index contributed by atoms with van der Waals surface area (Å²) >= 11 is 7.39. The molecule has 0 fully saturated rings. The van der Waals surface area contributed by atoms with E-state index in [1.807, 2.05) is 16.8 Å². The van der Waals surface area contributed by atoms with Gasteiger partial charge in [0, 0.05) is 16.3 Å². The molecule has 2 unspecified atom stereocenters. The molecule has 0 spiro atoms. The first-order chi connectivity index (χ1) is 14.1. The zero-order valence-corrected chi connectivity index (χ0v) is 16.7. The average molecular weight is 430 g/mol. The lowest BCUT2D eigenvalue weighted by Crippen LogP contribution is -2.41. The molecular formula is C20H17ClFN5OS. The van der Waals surface area contributed by atoms with Crippen LogP contribution in [0.1, 0.15) is 22.1 Å². The van der Waals surface area contributed by atoms with Gasteiger partial charge in [-0.15, -0.1) is 0 Å². The number of thiophene rings is 1. The van der Waals surface area contributed by atoms with E-state index in [0.717, 1.165) is 5.56 Å². The second-order valence-electron chi connectivity index (χ2n) is 6.02. The summed E-state index contributed by atoms with van der Waals surface area (Å²) < 4.78 is 13.9. The number of nitrogens with one attached hydrogen (secondary N) is 3. The highest BCUT2D eigenvalue weighted by Gasteiger charge is 2.17. The summed E-state index contributed by atoms with van der Waals surface area (Å²) in [4.78, 5) is 16.0. The number of nitriles is 1. The van der Waals surface area contributed by atoms with Crippen molar-refractivity contribution in [1.82, 2.24) is 16.0 Å². The molecule has 148 valence electrons. The normalized spacial score (nSPS) is 18.0. The molecule has 0 saturated heterocycles. The molecule has 1 aliphatic rings. The van der Waals surface area contributed by atoms with Crippen molar-refractivity contribution in [3.8, 4) is 6.19 Å². The van der Waals surface area contributed by atoms with E-state index in [4.69, 9.17) is 16.9 Å². The molecule has 0 aliphatic heterocycles. The van der Waals surface area contributed by atoms with Gasteiger partial charge < -0.3 is 10.6 Å². The van der Waals surface area contributed by atoms with Crippen LogP contribution in [0.15, 0.2) is 70.0 Å². The van der Waals surface area contributed by atoms with Crippen LogP contribution in [0.3, 0.4) is 0 Å². The number of amides is 1. The number of hydrogen-bond acceptors (Lipinski definition) is 6. The quantitative estimate of drug-likeness (QED) is 0.462. The van der Waals surface area contributed by atoms with E-state index in [-0.39, 0.29) is 18.3 Å². The zero-order chi connectivity index (χ0) is 20.6. The van der Waals surface area contributed by atoms with E-state index in [1.54, 1.807) is 36.5 Å². The van der Waals surface area contributed by atoms with E-state index < -0.39 is 12.3 Å². The Kier molecular flexibility index (Phi) is 7.14. The van der Waals surface area contributed by atoms with Gasteiger partial charge in [0.25, 0.3) is 5.91 Å². The average Bonchev–Trinajstić information content (AvgIpc) is 3.24. The van der Waals surface area contributed by atoms with Crippen molar-refractivity contribution in [2.24, 2.45) is 4.99 Å². The summed E-state index contributed by atoms with van der Waals surface area (Å²) in [5, 5.41) is 22.1. The molecule has 1 heterocycles. The number of alkyl halides is 1. The van der Waals surface area contributed by atoms with Gasteiger partial charge in [-0.3, -0.25) is 10.1 Å². The standard InChI is InChI=1S/C20H17ClFN5OS/c21-15-3-1-13(2-4-15)20(28)27-19(14-7-8-29-10-14)26-12-25-16-5-6-18(24-11-23)17(22)9-16/h1-10,17,19,25-26H,12H2,(H,27,28). The van der Waals surface area contributed by atoms with E-state index in [9.17, 15) is 9.18 Å². The SMILES string of the molecule is N#CN=C1C=CC(NCNC(NC(=O)c2ccc(Cl)cc2)c2ccsc2)=CC1F. The van der Waals surface area contributed by atoms with Crippen LogP contribution in [0, 0.1) is 11.5 Å². The highest BCUT2D eigenvalue weighted by Crippen LogP contribution is 2.16. The maximum absolute atomic E-state index is 13.9.